The molecule has 1 aromatic rings. The van der Waals surface area contributed by atoms with Crippen LogP contribution >= 0.6 is 0 Å². The van der Waals surface area contributed by atoms with Gasteiger partial charge in [-0.05, 0) is 44.9 Å². The molecule has 0 amide bonds. The molecule has 0 radical (unpaired) electrons. The number of rotatable bonds is 8. The summed E-state index contributed by atoms with van der Waals surface area (Å²) < 4.78 is 11.1. The van der Waals surface area contributed by atoms with Crippen molar-refractivity contribution < 1.29 is 14.6 Å². The minimum absolute atomic E-state index is 0.116. The Bertz CT molecular complexity index is 414. The first-order valence-corrected chi connectivity index (χ1v) is 7.13. The SMILES string of the molecule is CC[C@](C)(CO)NCc1ccc(OC(C)C)c(OC)c1. The van der Waals surface area contributed by atoms with Gasteiger partial charge in [0, 0.05) is 12.1 Å². The van der Waals surface area contributed by atoms with Crippen molar-refractivity contribution in [2.75, 3.05) is 13.7 Å². The summed E-state index contributed by atoms with van der Waals surface area (Å²) in [5, 5.41) is 12.8. The molecule has 0 aromatic heterocycles. The van der Waals surface area contributed by atoms with Gasteiger partial charge in [-0.15, -0.1) is 0 Å². The van der Waals surface area contributed by atoms with Crippen molar-refractivity contribution in [3.63, 3.8) is 0 Å². The van der Waals surface area contributed by atoms with E-state index in [1.165, 1.54) is 0 Å². The minimum atomic E-state index is -0.250. The molecule has 0 aliphatic carbocycles. The Labute approximate surface area is 122 Å². The van der Waals surface area contributed by atoms with Gasteiger partial charge in [0.2, 0.25) is 0 Å². The van der Waals surface area contributed by atoms with E-state index in [0.29, 0.717) is 6.54 Å². The molecule has 114 valence electrons. The number of hydrogen-bond acceptors (Lipinski definition) is 4. The maximum absolute atomic E-state index is 9.40. The van der Waals surface area contributed by atoms with Gasteiger partial charge in [-0.3, -0.25) is 0 Å². The lowest BCUT2D eigenvalue weighted by molar-refractivity contribution is 0.169. The van der Waals surface area contributed by atoms with Gasteiger partial charge in [-0.1, -0.05) is 13.0 Å². The summed E-state index contributed by atoms with van der Waals surface area (Å²) in [5.41, 5.74) is 0.853. The molecule has 2 N–H and O–H groups in total. The number of methoxy groups -OCH3 is 1. The number of aliphatic hydroxyl groups excluding tert-OH is 1. The zero-order valence-electron chi connectivity index (χ0n) is 13.2. The van der Waals surface area contributed by atoms with Crippen LogP contribution in [-0.2, 0) is 6.54 Å². The first-order chi connectivity index (χ1) is 9.44. The van der Waals surface area contributed by atoms with E-state index in [4.69, 9.17) is 9.47 Å². The molecule has 0 spiro atoms. The number of aliphatic hydroxyl groups is 1. The Hall–Kier alpha value is -1.26. The lowest BCUT2D eigenvalue weighted by atomic mass is 10.00. The summed E-state index contributed by atoms with van der Waals surface area (Å²) in [6.45, 7) is 8.86. The molecule has 0 fully saturated rings. The molecule has 0 saturated carbocycles. The summed E-state index contributed by atoms with van der Waals surface area (Å²) in [6.07, 6.45) is 0.987. The van der Waals surface area contributed by atoms with Crippen LogP contribution in [-0.4, -0.2) is 30.5 Å². The van der Waals surface area contributed by atoms with E-state index in [9.17, 15) is 5.11 Å². The van der Waals surface area contributed by atoms with Crippen LogP contribution in [0.3, 0.4) is 0 Å². The second kappa shape index (κ2) is 7.50. The molecule has 1 atom stereocenters. The summed E-state index contributed by atoms with van der Waals surface area (Å²) in [4.78, 5) is 0. The normalized spacial score (nSPS) is 14.2. The molecule has 0 aliphatic rings. The predicted octanol–water partition coefficient (Wildman–Crippen LogP) is 2.73. The first kappa shape index (κ1) is 16.8. The van der Waals surface area contributed by atoms with Crippen LogP contribution in [0.4, 0.5) is 0 Å². The average Bonchev–Trinajstić information content (AvgIpc) is 2.45. The fourth-order valence-electron chi connectivity index (χ4n) is 1.78. The molecule has 0 unspecified atom stereocenters. The molecule has 1 rings (SSSR count). The highest BCUT2D eigenvalue weighted by Gasteiger charge is 2.19. The third-order valence-electron chi connectivity index (χ3n) is 3.44. The van der Waals surface area contributed by atoms with E-state index in [2.05, 4.69) is 12.2 Å². The number of benzene rings is 1. The van der Waals surface area contributed by atoms with Crippen LogP contribution in [0.2, 0.25) is 0 Å². The van der Waals surface area contributed by atoms with Crippen molar-refractivity contribution in [1.29, 1.82) is 0 Å². The predicted molar refractivity (Wildman–Crippen MR) is 81.4 cm³/mol. The van der Waals surface area contributed by atoms with Gasteiger partial charge in [-0.2, -0.15) is 0 Å². The van der Waals surface area contributed by atoms with Gasteiger partial charge < -0.3 is 19.9 Å². The highest BCUT2D eigenvalue weighted by atomic mass is 16.5. The van der Waals surface area contributed by atoms with Crippen LogP contribution in [0.15, 0.2) is 18.2 Å². The van der Waals surface area contributed by atoms with Crippen LogP contribution in [0, 0.1) is 0 Å². The Kier molecular flexibility index (Phi) is 6.30. The largest absolute Gasteiger partial charge is 0.493 e. The third-order valence-corrected chi connectivity index (χ3v) is 3.44. The molecule has 1 aromatic carbocycles. The van der Waals surface area contributed by atoms with Gasteiger partial charge >= 0.3 is 0 Å². The van der Waals surface area contributed by atoms with Crippen molar-refractivity contribution >= 4 is 0 Å². The zero-order valence-corrected chi connectivity index (χ0v) is 13.2. The lowest BCUT2D eigenvalue weighted by Gasteiger charge is -2.27. The highest BCUT2D eigenvalue weighted by Crippen LogP contribution is 2.29. The van der Waals surface area contributed by atoms with Gasteiger partial charge in [0.05, 0.1) is 19.8 Å². The minimum Gasteiger partial charge on any atom is -0.493 e. The molecule has 0 heterocycles. The Morgan fingerprint density at radius 2 is 2.00 bits per heavy atom. The van der Waals surface area contributed by atoms with Crippen molar-refractivity contribution in [2.45, 2.75) is 52.3 Å². The maximum atomic E-state index is 9.40. The van der Waals surface area contributed by atoms with E-state index in [1.54, 1.807) is 7.11 Å². The zero-order chi connectivity index (χ0) is 15.2. The standard InChI is InChI=1S/C16H27NO3/c1-6-16(4,11-18)17-10-13-7-8-14(20-12(2)3)15(9-13)19-5/h7-9,12,17-18H,6,10-11H2,1-5H3/t16-/m1/s1. The molecule has 4 heteroatoms. The van der Waals surface area contributed by atoms with E-state index < -0.39 is 0 Å². The van der Waals surface area contributed by atoms with E-state index in [-0.39, 0.29) is 18.2 Å². The number of nitrogens with one attached hydrogen (secondary N) is 1. The smallest absolute Gasteiger partial charge is 0.161 e. The molecule has 0 aliphatic heterocycles. The first-order valence-electron chi connectivity index (χ1n) is 7.13. The van der Waals surface area contributed by atoms with Crippen LogP contribution < -0.4 is 14.8 Å². The van der Waals surface area contributed by atoms with Gasteiger partial charge in [-0.25, -0.2) is 0 Å². The van der Waals surface area contributed by atoms with Crippen LogP contribution in [0.1, 0.15) is 39.7 Å². The van der Waals surface area contributed by atoms with Crippen molar-refractivity contribution in [2.24, 2.45) is 0 Å². The van der Waals surface area contributed by atoms with Crippen LogP contribution in [0.25, 0.3) is 0 Å². The topological polar surface area (TPSA) is 50.7 Å². The molecule has 4 nitrogen and oxygen atoms in total. The second-order valence-electron chi connectivity index (χ2n) is 5.58. The molecule has 20 heavy (non-hydrogen) atoms. The summed E-state index contributed by atoms with van der Waals surface area (Å²) in [6, 6.07) is 5.91. The Morgan fingerprint density at radius 1 is 1.30 bits per heavy atom. The van der Waals surface area contributed by atoms with Crippen LogP contribution in [0.5, 0.6) is 11.5 Å². The highest BCUT2D eigenvalue weighted by molar-refractivity contribution is 5.43. The molecule has 0 bridgehead atoms. The lowest BCUT2D eigenvalue weighted by Crippen LogP contribution is -2.44. The average molecular weight is 281 g/mol. The molecular formula is C16H27NO3. The fraction of sp³-hybridized carbons (Fsp3) is 0.625. The molecule has 0 saturated heterocycles. The van der Waals surface area contributed by atoms with Gasteiger partial charge in [0.1, 0.15) is 0 Å². The maximum Gasteiger partial charge on any atom is 0.161 e. The monoisotopic (exact) mass is 281 g/mol. The third kappa shape index (κ3) is 4.69. The van der Waals surface area contributed by atoms with Crippen molar-refractivity contribution in [1.82, 2.24) is 5.32 Å². The summed E-state index contributed by atoms with van der Waals surface area (Å²) in [5.74, 6) is 1.49. The molecular weight excluding hydrogens is 254 g/mol. The number of ether oxygens (including phenoxy) is 2. The summed E-state index contributed by atoms with van der Waals surface area (Å²) in [7, 11) is 1.64. The van der Waals surface area contributed by atoms with Gasteiger partial charge in [0.25, 0.3) is 0 Å². The fourth-order valence-corrected chi connectivity index (χ4v) is 1.78. The van der Waals surface area contributed by atoms with E-state index in [1.807, 2.05) is 39.0 Å². The Morgan fingerprint density at radius 3 is 2.50 bits per heavy atom. The van der Waals surface area contributed by atoms with Gasteiger partial charge in [0.15, 0.2) is 11.5 Å². The van der Waals surface area contributed by atoms with Crippen molar-refractivity contribution in [3.05, 3.63) is 23.8 Å². The van der Waals surface area contributed by atoms with E-state index >= 15 is 0 Å². The second-order valence-corrected chi connectivity index (χ2v) is 5.58. The number of hydrogen-bond donors (Lipinski definition) is 2. The Balaban J connectivity index is 2.78. The van der Waals surface area contributed by atoms with E-state index in [0.717, 1.165) is 23.5 Å². The quantitative estimate of drug-likeness (QED) is 0.769. The van der Waals surface area contributed by atoms with Crippen molar-refractivity contribution in [3.8, 4) is 11.5 Å². The summed E-state index contributed by atoms with van der Waals surface area (Å²) >= 11 is 0.